The fourth-order valence-electron chi connectivity index (χ4n) is 1.76. The van der Waals surface area contributed by atoms with Gasteiger partial charge in [-0.25, -0.2) is 4.39 Å². The molecular weight excluding hydrogens is 325 g/mol. The molecule has 2 rings (SSSR count). The summed E-state index contributed by atoms with van der Waals surface area (Å²) in [6, 6.07) is 15.0. The topological polar surface area (TPSA) is 26.0 Å². The van der Waals surface area contributed by atoms with Crippen LogP contribution in [0.25, 0.3) is 0 Å². The molecule has 4 heteroatoms. The van der Waals surface area contributed by atoms with Gasteiger partial charge in [0.15, 0.2) is 0 Å². The van der Waals surface area contributed by atoms with Crippen molar-refractivity contribution in [2.45, 2.75) is 17.4 Å². The lowest BCUT2D eigenvalue weighted by molar-refractivity contribution is 0.597. The van der Waals surface area contributed by atoms with E-state index < -0.39 is 0 Å². The Balaban J connectivity index is 1.90. The largest absolute Gasteiger partial charge is 0.327 e. The van der Waals surface area contributed by atoms with Gasteiger partial charge in [0.05, 0.1) is 0 Å². The summed E-state index contributed by atoms with van der Waals surface area (Å²) in [7, 11) is 0. The summed E-state index contributed by atoms with van der Waals surface area (Å²) in [5.41, 5.74) is 6.73. The van der Waals surface area contributed by atoms with E-state index in [4.69, 9.17) is 5.73 Å². The Bertz CT molecular complexity index is 533. The highest BCUT2D eigenvalue weighted by atomic mass is 79.9. The molecule has 0 aliphatic carbocycles. The van der Waals surface area contributed by atoms with Gasteiger partial charge in [-0.15, -0.1) is 11.8 Å². The maximum atomic E-state index is 13.6. The Kier molecular flexibility index (Phi) is 5.43. The molecule has 0 radical (unpaired) electrons. The third kappa shape index (κ3) is 4.64. The summed E-state index contributed by atoms with van der Waals surface area (Å²) in [5, 5.41) is 0. The minimum atomic E-state index is -0.191. The lowest BCUT2D eigenvalue weighted by Gasteiger charge is -2.12. The Labute approximate surface area is 125 Å². The van der Waals surface area contributed by atoms with Crippen LogP contribution in [0.4, 0.5) is 4.39 Å². The second kappa shape index (κ2) is 7.08. The van der Waals surface area contributed by atoms with Crippen LogP contribution in [0.5, 0.6) is 0 Å². The van der Waals surface area contributed by atoms with Crippen LogP contribution in [-0.2, 0) is 6.42 Å². The van der Waals surface area contributed by atoms with Gasteiger partial charge in [0.25, 0.3) is 0 Å². The summed E-state index contributed by atoms with van der Waals surface area (Å²) >= 11 is 5.05. The van der Waals surface area contributed by atoms with Crippen LogP contribution >= 0.6 is 27.7 Å². The molecule has 0 fully saturated rings. The third-order valence-electron chi connectivity index (χ3n) is 2.70. The van der Waals surface area contributed by atoms with E-state index in [1.54, 1.807) is 23.9 Å². The molecule has 0 bridgehead atoms. The highest BCUT2D eigenvalue weighted by Crippen LogP contribution is 2.20. The molecule has 1 nitrogen and oxygen atoms in total. The first kappa shape index (κ1) is 14.6. The van der Waals surface area contributed by atoms with Crippen LogP contribution in [0, 0.1) is 5.82 Å². The van der Waals surface area contributed by atoms with E-state index in [-0.39, 0.29) is 11.9 Å². The average molecular weight is 340 g/mol. The van der Waals surface area contributed by atoms with Crippen molar-refractivity contribution in [1.82, 2.24) is 0 Å². The Morgan fingerprint density at radius 3 is 2.63 bits per heavy atom. The number of nitrogens with two attached hydrogens (primary N) is 1. The molecule has 2 aromatic carbocycles. The van der Waals surface area contributed by atoms with Gasteiger partial charge in [0.2, 0.25) is 0 Å². The van der Waals surface area contributed by atoms with Crippen LogP contribution < -0.4 is 5.73 Å². The van der Waals surface area contributed by atoms with E-state index in [1.807, 2.05) is 18.2 Å². The van der Waals surface area contributed by atoms with Crippen molar-refractivity contribution >= 4 is 27.7 Å². The molecule has 0 amide bonds. The lowest BCUT2D eigenvalue weighted by Crippen LogP contribution is -2.26. The fraction of sp³-hybridized carbons (Fsp3) is 0.200. The summed E-state index contributed by atoms with van der Waals surface area (Å²) in [5.74, 6) is 0.582. The van der Waals surface area contributed by atoms with Crippen molar-refractivity contribution in [2.24, 2.45) is 5.73 Å². The molecule has 0 saturated carbocycles. The first-order chi connectivity index (χ1) is 9.15. The molecule has 0 heterocycles. The molecule has 2 aromatic rings. The summed E-state index contributed by atoms with van der Waals surface area (Å²) < 4.78 is 14.5. The molecule has 100 valence electrons. The fourth-order valence-corrected chi connectivity index (χ4v) is 3.04. The zero-order valence-electron chi connectivity index (χ0n) is 10.4. The number of hydrogen-bond donors (Lipinski definition) is 1. The van der Waals surface area contributed by atoms with Crippen LogP contribution in [0.3, 0.4) is 0 Å². The van der Waals surface area contributed by atoms with Crippen LogP contribution in [0.15, 0.2) is 57.9 Å². The highest BCUT2D eigenvalue weighted by Gasteiger charge is 2.09. The van der Waals surface area contributed by atoms with Crippen molar-refractivity contribution < 1.29 is 4.39 Å². The van der Waals surface area contributed by atoms with Gasteiger partial charge in [-0.2, -0.15) is 0 Å². The van der Waals surface area contributed by atoms with Crippen LogP contribution in [0.1, 0.15) is 5.56 Å². The standard InChI is InChI=1S/C15H15BrFNS/c16-12-6-7-15(17)11(8-12)9-13(18)10-19-14-4-2-1-3-5-14/h1-8,13H,9-10,18H2. The molecule has 2 N–H and O–H groups in total. The Morgan fingerprint density at radius 2 is 1.89 bits per heavy atom. The number of hydrogen-bond acceptors (Lipinski definition) is 2. The third-order valence-corrected chi connectivity index (χ3v) is 4.39. The SMILES string of the molecule is NC(CSc1ccccc1)Cc1cc(Br)ccc1F. The first-order valence-electron chi connectivity index (χ1n) is 6.02. The van der Waals surface area contributed by atoms with Gasteiger partial charge >= 0.3 is 0 Å². The normalized spacial score (nSPS) is 12.4. The molecular formula is C15H15BrFNS. The van der Waals surface area contributed by atoms with Gasteiger partial charge < -0.3 is 5.73 Å². The predicted molar refractivity (Wildman–Crippen MR) is 82.9 cm³/mol. The number of halogens is 2. The second-order valence-electron chi connectivity index (χ2n) is 4.32. The second-order valence-corrected chi connectivity index (χ2v) is 6.33. The van der Waals surface area contributed by atoms with E-state index >= 15 is 0 Å². The van der Waals surface area contributed by atoms with E-state index in [0.717, 1.165) is 10.2 Å². The quantitative estimate of drug-likeness (QED) is 0.824. The van der Waals surface area contributed by atoms with Gasteiger partial charge in [0, 0.05) is 21.2 Å². The van der Waals surface area contributed by atoms with Gasteiger partial charge in [0.1, 0.15) is 5.82 Å². The maximum Gasteiger partial charge on any atom is 0.126 e. The minimum absolute atomic E-state index is 0.0611. The Hall–Kier alpha value is -0.840. The maximum absolute atomic E-state index is 13.6. The molecule has 19 heavy (non-hydrogen) atoms. The molecule has 0 aliphatic rings. The van der Waals surface area contributed by atoms with Crippen molar-refractivity contribution in [3.8, 4) is 0 Å². The van der Waals surface area contributed by atoms with Gasteiger partial charge in [-0.1, -0.05) is 34.1 Å². The average Bonchev–Trinajstić information content (AvgIpc) is 2.42. The summed E-state index contributed by atoms with van der Waals surface area (Å²) in [4.78, 5) is 1.19. The zero-order chi connectivity index (χ0) is 13.7. The molecule has 0 spiro atoms. The van der Waals surface area contributed by atoms with Crippen molar-refractivity contribution in [3.05, 3.63) is 64.4 Å². The van der Waals surface area contributed by atoms with Crippen molar-refractivity contribution in [1.29, 1.82) is 0 Å². The van der Waals surface area contributed by atoms with Crippen LogP contribution in [0.2, 0.25) is 0 Å². The van der Waals surface area contributed by atoms with Gasteiger partial charge in [-0.05, 0) is 42.3 Å². The van der Waals surface area contributed by atoms with E-state index in [9.17, 15) is 4.39 Å². The molecule has 0 aliphatic heterocycles. The van der Waals surface area contributed by atoms with E-state index in [1.165, 1.54) is 11.0 Å². The summed E-state index contributed by atoms with van der Waals surface area (Å²) in [6.45, 7) is 0. The Morgan fingerprint density at radius 1 is 1.16 bits per heavy atom. The molecule has 0 saturated heterocycles. The molecule has 1 atom stereocenters. The molecule has 0 aromatic heterocycles. The number of thioether (sulfide) groups is 1. The number of rotatable bonds is 5. The van der Waals surface area contributed by atoms with Crippen molar-refractivity contribution in [3.63, 3.8) is 0 Å². The first-order valence-corrected chi connectivity index (χ1v) is 7.80. The smallest absolute Gasteiger partial charge is 0.126 e. The van der Waals surface area contributed by atoms with Crippen molar-refractivity contribution in [2.75, 3.05) is 5.75 Å². The van der Waals surface area contributed by atoms with E-state index in [0.29, 0.717) is 12.0 Å². The van der Waals surface area contributed by atoms with Gasteiger partial charge in [-0.3, -0.25) is 0 Å². The number of benzene rings is 2. The summed E-state index contributed by atoms with van der Waals surface area (Å²) in [6.07, 6.45) is 0.547. The zero-order valence-corrected chi connectivity index (χ0v) is 12.8. The minimum Gasteiger partial charge on any atom is -0.327 e. The monoisotopic (exact) mass is 339 g/mol. The van der Waals surface area contributed by atoms with E-state index in [2.05, 4.69) is 28.1 Å². The van der Waals surface area contributed by atoms with Crippen LogP contribution in [-0.4, -0.2) is 11.8 Å². The lowest BCUT2D eigenvalue weighted by atomic mass is 10.1. The highest BCUT2D eigenvalue weighted by molar-refractivity contribution is 9.10. The molecule has 1 unspecified atom stereocenters. The predicted octanol–water partition coefficient (Wildman–Crippen LogP) is 4.25.